The highest BCUT2D eigenvalue weighted by Gasteiger charge is 2.23. The van der Waals surface area contributed by atoms with E-state index in [4.69, 9.17) is 5.11 Å². The maximum absolute atomic E-state index is 13.0. The summed E-state index contributed by atoms with van der Waals surface area (Å²) in [4.78, 5) is 11.0. The van der Waals surface area contributed by atoms with E-state index in [1.54, 1.807) is 0 Å². The number of phenolic OH excluding ortho intramolecular Hbond substituents is 1. The number of fused-ring (bicyclic) bond motifs is 1. The van der Waals surface area contributed by atoms with Crippen LogP contribution in [0, 0.1) is 5.82 Å². The second-order valence-electron chi connectivity index (χ2n) is 2.64. The third kappa shape index (κ3) is 0.845. The lowest BCUT2D eigenvalue weighted by Crippen LogP contribution is -2.13. The van der Waals surface area contributed by atoms with Crippen LogP contribution in [0.2, 0.25) is 0 Å². The number of hydrogen-bond acceptors (Lipinski definition) is 2. The fourth-order valence-corrected chi connectivity index (χ4v) is 1.31. The van der Waals surface area contributed by atoms with Crippen molar-refractivity contribution in [2.75, 3.05) is 0 Å². The molecular formula is C8H6FNO2. The first-order chi connectivity index (χ1) is 5.68. The molecule has 1 aliphatic heterocycles. The zero-order valence-corrected chi connectivity index (χ0v) is 6.10. The Labute approximate surface area is 67.8 Å². The Bertz CT molecular complexity index is 362. The van der Waals surface area contributed by atoms with E-state index in [0.717, 1.165) is 6.07 Å². The van der Waals surface area contributed by atoms with Gasteiger partial charge in [-0.3, -0.25) is 4.79 Å². The largest absolute Gasteiger partial charge is 0.508 e. The first-order valence-electron chi connectivity index (χ1n) is 3.48. The molecule has 1 amide bonds. The van der Waals surface area contributed by atoms with Gasteiger partial charge in [-0.2, -0.15) is 0 Å². The lowest BCUT2D eigenvalue weighted by molar-refractivity contribution is 0.0962. The van der Waals surface area contributed by atoms with E-state index in [0.29, 0.717) is 12.1 Å². The van der Waals surface area contributed by atoms with Crippen molar-refractivity contribution in [2.24, 2.45) is 0 Å². The fraction of sp³-hybridized carbons (Fsp3) is 0.125. The van der Waals surface area contributed by atoms with Crippen LogP contribution in [0.5, 0.6) is 5.75 Å². The Kier molecular flexibility index (Phi) is 1.30. The monoisotopic (exact) mass is 167 g/mol. The van der Waals surface area contributed by atoms with Crippen molar-refractivity contribution in [3.05, 3.63) is 29.1 Å². The summed E-state index contributed by atoms with van der Waals surface area (Å²) < 4.78 is 13.0. The first-order valence-corrected chi connectivity index (χ1v) is 3.48. The molecule has 0 unspecified atom stereocenters. The number of carbonyl (C=O) groups is 1. The van der Waals surface area contributed by atoms with Gasteiger partial charge < -0.3 is 10.4 Å². The minimum Gasteiger partial charge on any atom is -0.508 e. The Balaban J connectivity index is 2.68. The van der Waals surface area contributed by atoms with E-state index in [1.165, 1.54) is 6.07 Å². The van der Waals surface area contributed by atoms with Gasteiger partial charge in [0, 0.05) is 12.6 Å². The highest BCUT2D eigenvalue weighted by Crippen LogP contribution is 2.23. The van der Waals surface area contributed by atoms with Crippen molar-refractivity contribution in [3.63, 3.8) is 0 Å². The molecule has 0 fully saturated rings. The summed E-state index contributed by atoms with van der Waals surface area (Å²) in [6.45, 7) is 0.291. The van der Waals surface area contributed by atoms with Gasteiger partial charge in [-0.15, -0.1) is 0 Å². The molecule has 0 radical (unpaired) electrons. The van der Waals surface area contributed by atoms with Crippen LogP contribution in [0.3, 0.4) is 0 Å². The van der Waals surface area contributed by atoms with Gasteiger partial charge >= 0.3 is 0 Å². The van der Waals surface area contributed by atoms with Gasteiger partial charge in [-0.1, -0.05) is 0 Å². The minimum absolute atomic E-state index is 0.0489. The predicted octanol–water partition coefficient (Wildman–Crippen LogP) is 0.775. The number of benzene rings is 1. The molecule has 12 heavy (non-hydrogen) atoms. The standard InChI is InChI=1S/C8H6FNO2/c9-6-2-5(11)1-4-3-10-8(12)7(4)6/h1-2,11H,3H2,(H,10,12). The Hall–Kier alpha value is -1.58. The lowest BCUT2D eigenvalue weighted by Gasteiger charge is -1.98. The van der Waals surface area contributed by atoms with Crippen molar-refractivity contribution in [2.45, 2.75) is 6.54 Å². The molecule has 3 nitrogen and oxygen atoms in total. The molecule has 1 aliphatic rings. The third-order valence-corrected chi connectivity index (χ3v) is 1.82. The number of nitrogens with one attached hydrogen (secondary N) is 1. The Morgan fingerprint density at radius 2 is 2.25 bits per heavy atom. The van der Waals surface area contributed by atoms with Crippen LogP contribution < -0.4 is 5.32 Å². The Morgan fingerprint density at radius 1 is 1.50 bits per heavy atom. The number of hydrogen-bond donors (Lipinski definition) is 2. The lowest BCUT2D eigenvalue weighted by atomic mass is 10.1. The van der Waals surface area contributed by atoms with Crippen molar-refractivity contribution >= 4 is 5.91 Å². The molecule has 0 aromatic heterocycles. The highest BCUT2D eigenvalue weighted by atomic mass is 19.1. The minimum atomic E-state index is -0.667. The number of rotatable bonds is 0. The van der Waals surface area contributed by atoms with Gasteiger partial charge in [0.15, 0.2) is 0 Å². The van der Waals surface area contributed by atoms with Crippen LogP contribution >= 0.6 is 0 Å². The molecule has 0 spiro atoms. The van der Waals surface area contributed by atoms with Gasteiger partial charge in [0.05, 0.1) is 5.56 Å². The average Bonchev–Trinajstić information content (AvgIpc) is 2.31. The number of aromatic hydroxyl groups is 1. The molecule has 0 saturated heterocycles. The normalized spacial score (nSPS) is 14.2. The van der Waals surface area contributed by atoms with E-state index in [2.05, 4.69) is 5.32 Å². The third-order valence-electron chi connectivity index (χ3n) is 1.82. The predicted molar refractivity (Wildman–Crippen MR) is 39.2 cm³/mol. The molecule has 62 valence electrons. The molecule has 1 aromatic rings. The van der Waals surface area contributed by atoms with Gasteiger partial charge in [0.2, 0.25) is 0 Å². The topological polar surface area (TPSA) is 49.3 Å². The zero-order valence-electron chi connectivity index (χ0n) is 6.10. The summed E-state index contributed by atoms with van der Waals surface area (Å²) in [6, 6.07) is 2.32. The first kappa shape index (κ1) is 7.09. The summed E-state index contributed by atoms with van der Waals surface area (Å²) >= 11 is 0. The van der Waals surface area contributed by atoms with E-state index in [1.807, 2.05) is 0 Å². The van der Waals surface area contributed by atoms with Gasteiger partial charge in [-0.25, -0.2) is 4.39 Å². The van der Waals surface area contributed by atoms with E-state index >= 15 is 0 Å². The molecule has 4 heteroatoms. The molecule has 0 atom stereocenters. The second kappa shape index (κ2) is 2.20. The fourth-order valence-electron chi connectivity index (χ4n) is 1.31. The molecule has 0 saturated carbocycles. The van der Waals surface area contributed by atoms with Crippen LogP contribution in [0.25, 0.3) is 0 Å². The smallest absolute Gasteiger partial charge is 0.254 e. The summed E-state index contributed by atoms with van der Waals surface area (Å²) in [6.07, 6.45) is 0. The quantitative estimate of drug-likeness (QED) is 0.599. The Morgan fingerprint density at radius 3 is 3.00 bits per heavy atom. The number of phenols is 1. The van der Waals surface area contributed by atoms with Gasteiger partial charge in [0.1, 0.15) is 11.6 Å². The molecule has 2 N–H and O–H groups in total. The van der Waals surface area contributed by atoms with Crippen LogP contribution in [0.15, 0.2) is 12.1 Å². The molecule has 1 aromatic carbocycles. The number of carbonyl (C=O) groups excluding carboxylic acids is 1. The van der Waals surface area contributed by atoms with Crippen LogP contribution in [0.4, 0.5) is 4.39 Å². The van der Waals surface area contributed by atoms with E-state index in [9.17, 15) is 9.18 Å². The molecule has 0 aliphatic carbocycles. The molecular weight excluding hydrogens is 161 g/mol. The van der Waals surface area contributed by atoms with Crippen molar-refractivity contribution in [3.8, 4) is 5.75 Å². The summed E-state index contributed by atoms with van der Waals surface area (Å²) in [7, 11) is 0. The summed E-state index contributed by atoms with van der Waals surface area (Å²) in [5.41, 5.74) is 0.560. The van der Waals surface area contributed by atoms with Crippen LogP contribution in [-0.2, 0) is 6.54 Å². The molecule has 1 heterocycles. The second-order valence-corrected chi connectivity index (χ2v) is 2.64. The average molecular weight is 167 g/mol. The number of amides is 1. The molecule has 2 rings (SSSR count). The maximum Gasteiger partial charge on any atom is 0.254 e. The number of halogens is 1. The van der Waals surface area contributed by atoms with Crippen LogP contribution in [-0.4, -0.2) is 11.0 Å². The van der Waals surface area contributed by atoms with Crippen molar-refractivity contribution in [1.82, 2.24) is 5.32 Å². The highest BCUT2D eigenvalue weighted by molar-refractivity contribution is 5.98. The van der Waals surface area contributed by atoms with E-state index < -0.39 is 11.7 Å². The van der Waals surface area contributed by atoms with Gasteiger partial charge in [0.25, 0.3) is 5.91 Å². The summed E-state index contributed by atoms with van der Waals surface area (Å²) in [5, 5.41) is 11.4. The SMILES string of the molecule is O=C1NCc2cc(O)cc(F)c21. The molecule has 0 bridgehead atoms. The van der Waals surface area contributed by atoms with Crippen LogP contribution in [0.1, 0.15) is 15.9 Å². The maximum atomic E-state index is 13.0. The zero-order chi connectivity index (χ0) is 8.72. The summed E-state index contributed by atoms with van der Waals surface area (Å²) in [5.74, 6) is -1.23. The van der Waals surface area contributed by atoms with E-state index in [-0.39, 0.29) is 11.3 Å². The van der Waals surface area contributed by atoms with Crippen molar-refractivity contribution < 1.29 is 14.3 Å². The van der Waals surface area contributed by atoms with Gasteiger partial charge in [-0.05, 0) is 11.6 Å². The van der Waals surface area contributed by atoms with Crippen molar-refractivity contribution in [1.29, 1.82) is 0 Å².